The highest BCUT2D eigenvalue weighted by molar-refractivity contribution is 6.30. The Hall–Kier alpha value is -3.33. The predicted molar refractivity (Wildman–Crippen MR) is 174 cm³/mol. The topological polar surface area (TPSA) is 89.3 Å². The van der Waals surface area contributed by atoms with Crippen LogP contribution in [0, 0.1) is 12.3 Å². The number of nitrogens with zero attached hydrogens (tertiary/aromatic N) is 3. The van der Waals surface area contributed by atoms with E-state index in [0.29, 0.717) is 23.3 Å². The quantitative estimate of drug-likeness (QED) is 0.218. The first-order chi connectivity index (χ1) is 20.4. The summed E-state index contributed by atoms with van der Waals surface area (Å²) in [6, 6.07) is 14.1. The smallest absolute Gasteiger partial charge is 0.261 e. The number of piperidine rings is 1. The Morgan fingerprint density at radius 2 is 1.98 bits per heavy atom. The first-order valence-corrected chi connectivity index (χ1v) is 15.5. The molecular formula is C33H43ClN6O2. The molecule has 1 spiro atoms. The van der Waals surface area contributed by atoms with Gasteiger partial charge in [-0.05, 0) is 74.2 Å². The lowest BCUT2D eigenvalue weighted by Gasteiger charge is -2.55. The first kappa shape index (κ1) is 30.1. The van der Waals surface area contributed by atoms with E-state index in [2.05, 4.69) is 50.2 Å². The molecule has 6 rings (SSSR count). The van der Waals surface area contributed by atoms with Gasteiger partial charge in [0.15, 0.2) is 0 Å². The van der Waals surface area contributed by atoms with E-state index in [-0.39, 0.29) is 5.56 Å². The standard InChI is InChI=1S/C31H37ClN6O2.C2H6/c1-21-15-24(38-19-31(20-38)9-4-12-37(18-31)13-14-40-2)17-26-28(21)36-29(35-26)27-25(8-11-34-30(27)39)33-10-7-22-5-3-6-23(32)16-22;1-2/h3,5-6,8,11,15-17H,4,7,9-10,12-14,18-20H2,1-2H3,(H,35,36)(H2,33,34,39);1-2H3. The molecule has 2 aromatic carbocycles. The van der Waals surface area contributed by atoms with E-state index in [1.54, 1.807) is 13.3 Å². The largest absolute Gasteiger partial charge is 0.384 e. The van der Waals surface area contributed by atoms with Gasteiger partial charge >= 0.3 is 0 Å². The van der Waals surface area contributed by atoms with E-state index in [1.807, 2.05) is 38.1 Å². The molecule has 2 saturated heterocycles. The lowest BCUT2D eigenvalue weighted by molar-refractivity contribution is 0.0447. The Morgan fingerprint density at radius 1 is 1.14 bits per heavy atom. The fraction of sp³-hybridized carbons (Fsp3) is 0.455. The van der Waals surface area contributed by atoms with Crippen LogP contribution in [0.5, 0.6) is 0 Å². The van der Waals surface area contributed by atoms with E-state index in [0.717, 1.165) is 72.1 Å². The van der Waals surface area contributed by atoms with Gasteiger partial charge < -0.3 is 29.8 Å². The van der Waals surface area contributed by atoms with Crippen LogP contribution in [0.4, 0.5) is 11.4 Å². The van der Waals surface area contributed by atoms with Gasteiger partial charge in [0, 0.05) is 62.2 Å². The van der Waals surface area contributed by atoms with Crippen molar-refractivity contribution in [2.24, 2.45) is 5.41 Å². The highest BCUT2D eigenvalue weighted by Crippen LogP contribution is 2.42. The molecule has 0 radical (unpaired) electrons. The second kappa shape index (κ2) is 13.3. The van der Waals surface area contributed by atoms with Crippen molar-refractivity contribution in [2.75, 3.05) is 63.2 Å². The fourth-order valence-electron chi connectivity index (χ4n) is 6.39. The summed E-state index contributed by atoms with van der Waals surface area (Å²) in [7, 11) is 1.78. The molecule has 0 atom stereocenters. The minimum Gasteiger partial charge on any atom is -0.384 e. The van der Waals surface area contributed by atoms with Crippen LogP contribution in [-0.4, -0.2) is 72.8 Å². The molecule has 4 heterocycles. The Morgan fingerprint density at radius 3 is 2.76 bits per heavy atom. The molecule has 8 nitrogen and oxygen atoms in total. The number of aryl methyl sites for hydroxylation is 1. The van der Waals surface area contributed by atoms with Crippen LogP contribution in [0.15, 0.2) is 53.5 Å². The first-order valence-electron chi connectivity index (χ1n) is 15.1. The maximum Gasteiger partial charge on any atom is 0.261 e. The van der Waals surface area contributed by atoms with Crippen molar-refractivity contribution in [1.29, 1.82) is 0 Å². The molecule has 0 saturated carbocycles. The lowest BCUT2D eigenvalue weighted by Crippen LogP contribution is -2.63. The van der Waals surface area contributed by atoms with Gasteiger partial charge in [-0.15, -0.1) is 0 Å². The van der Waals surface area contributed by atoms with Crippen LogP contribution in [-0.2, 0) is 11.2 Å². The summed E-state index contributed by atoms with van der Waals surface area (Å²) in [6.07, 6.45) is 4.99. The predicted octanol–water partition coefficient (Wildman–Crippen LogP) is 6.11. The molecule has 9 heteroatoms. The van der Waals surface area contributed by atoms with Gasteiger partial charge in [-0.1, -0.05) is 37.6 Å². The highest BCUT2D eigenvalue weighted by atomic mass is 35.5. The van der Waals surface area contributed by atoms with Gasteiger partial charge in [-0.2, -0.15) is 0 Å². The van der Waals surface area contributed by atoms with Gasteiger partial charge in [0.2, 0.25) is 0 Å². The number of nitrogens with one attached hydrogen (secondary N) is 3. The highest BCUT2D eigenvalue weighted by Gasteiger charge is 2.45. The maximum absolute atomic E-state index is 13.0. The van der Waals surface area contributed by atoms with Crippen LogP contribution < -0.4 is 15.8 Å². The monoisotopic (exact) mass is 590 g/mol. The molecule has 2 fully saturated rings. The lowest BCUT2D eigenvalue weighted by atomic mass is 9.73. The third kappa shape index (κ3) is 6.51. The second-order valence-corrected chi connectivity index (χ2v) is 11.8. The number of methoxy groups -OCH3 is 1. The molecular weight excluding hydrogens is 548 g/mol. The second-order valence-electron chi connectivity index (χ2n) is 11.4. The Kier molecular flexibility index (Phi) is 9.56. The number of anilines is 2. The fourth-order valence-corrected chi connectivity index (χ4v) is 6.61. The van der Waals surface area contributed by atoms with Crippen molar-refractivity contribution < 1.29 is 4.74 Å². The minimum atomic E-state index is -0.176. The maximum atomic E-state index is 13.0. The molecule has 0 aliphatic carbocycles. The van der Waals surface area contributed by atoms with Gasteiger partial charge in [-0.3, -0.25) is 4.79 Å². The summed E-state index contributed by atoms with van der Waals surface area (Å²) in [5.74, 6) is 0.573. The number of aromatic nitrogens is 3. The number of aromatic amines is 2. The van der Waals surface area contributed by atoms with E-state index in [4.69, 9.17) is 21.3 Å². The van der Waals surface area contributed by atoms with Gasteiger partial charge in [0.25, 0.3) is 5.56 Å². The molecule has 224 valence electrons. The number of ether oxygens (including phenoxy) is 1. The van der Waals surface area contributed by atoms with Gasteiger partial charge in [0.05, 0.1) is 23.3 Å². The number of hydrogen-bond donors (Lipinski definition) is 3. The van der Waals surface area contributed by atoms with Crippen LogP contribution in [0.25, 0.3) is 22.4 Å². The summed E-state index contributed by atoms with van der Waals surface area (Å²) in [6.45, 7) is 13.0. The van der Waals surface area contributed by atoms with Crippen molar-refractivity contribution >= 4 is 34.0 Å². The summed E-state index contributed by atoms with van der Waals surface area (Å²) >= 11 is 6.13. The number of imidazole rings is 1. The van der Waals surface area contributed by atoms with E-state index in [9.17, 15) is 4.79 Å². The number of pyridine rings is 1. The third-order valence-electron chi connectivity index (χ3n) is 8.35. The van der Waals surface area contributed by atoms with Crippen LogP contribution in [0.1, 0.15) is 37.8 Å². The number of rotatable bonds is 9. The zero-order valence-electron chi connectivity index (χ0n) is 25.2. The van der Waals surface area contributed by atoms with Crippen LogP contribution in [0.2, 0.25) is 5.02 Å². The molecule has 0 bridgehead atoms. The van der Waals surface area contributed by atoms with E-state index >= 15 is 0 Å². The average Bonchev–Trinajstić information content (AvgIpc) is 3.40. The molecule has 2 aliphatic rings. The minimum absolute atomic E-state index is 0.176. The Labute approximate surface area is 253 Å². The number of likely N-dealkylation sites (tertiary alicyclic amines) is 1. The Bertz CT molecular complexity index is 1560. The van der Waals surface area contributed by atoms with Crippen molar-refractivity contribution in [3.05, 3.63) is 75.2 Å². The van der Waals surface area contributed by atoms with Crippen LogP contribution in [0.3, 0.4) is 0 Å². The number of H-pyrrole nitrogens is 2. The molecule has 2 aliphatic heterocycles. The molecule has 0 amide bonds. The van der Waals surface area contributed by atoms with Gasteiger partial charge in [-0.25, -0.2) is 4.98 Å². The van der Waals surface area contributed by atoms with E-state index in [1.165, 1.54) is 25.1 Å². The summed E-state index contributed by atoms with van der Waals surface area (Å²) in [5.41, 5.74) is 6.76. The van der Waals surface area contributed by atoms with Crippen molar-refractivity contribution in [3.8, 4) is 11.4 Å². The summed E-state index contributed by atoms with van der Waals surface area (Å²) < 4.78 is 5.31. The Balaban J connectivity index is 0.00000173. The number of halogens is 1. The zero-order valence-corrected chi connectivity index (χ0v) is 26.0. The number of fused-ring (bicyclic) bond motifs is 1. The summed E-state index contributed by atoms with van der Waals surface area (Å²) in [5, 5.41) is 4.16. The molecule has 4 aromatic rings. The number of benzene rings is 2. The third-order valence-corrected chi connectivity index (χ3v) is 8.58. The molecule has 0 unspecified atom stereocenters. The zero-order chi connectivity index (χ0) is 29.7. The SMILES string of the molecule is CC.COCCN1CCCC2(C1)CN(c1cc(C)c3nc(-c4c(NCCc5cccc(Cl)c5)cc[nH]c4=O)[nH]c3c1)C2. The number of hydrogen-bond acceptors (Lipinski definition) is 6. The van der Waals surface area contributed by atoms with Crippen LogP contribution >= 0.6 is 11.6 Å². The molecule has 42 heavy (non-hydrogen) atoms. The molecule has 2 aromatic heterocycles. The summed E-state index contributed by atoms with van der Waals surface area (Å²) in [4.78, 5) is 29.2. The van der Waals surface area contributed by atoms with Gasteiger partial charge in [0.1, 0.15) is 11.4 Å². The van der Waals surface area contributed by atoms with Crippen molar-refractivity contribution in [2.45, 2.75) is 40.0 Å². The normalized spacial score (nSPS) is 16.3. The van der Waals surface area contributed by atoms with Crippen molar-refractivity contribution in [3.63, 3.8) is 0 Å². The van der Waals surface area contributed by atoms with Crippen molar-refractivity contribution in [1.82, 2.24) is 19.9 Å². The molecule has 3 N–H and O–H groups in total. The van der Waals surface area contributed by atoms with E-state index < -0.39 is 0 Å². The average molecular weight is 591 g/mol.